The molecule has 24 heavy (non-hydrogen) atoms. The zero-order valence-corrected chi connectivity index (χ0v) is 13.6. The van der Waals surface area contributed by atoms with Crippen molar-refractivity contribution in [1.82, 2.24) is 0 Å². The van der Waals surface area contributed by atoms with Crippen LogP contribution in [-0.2, 0) is 11.2 Å². The van der Waals surface area contributed by atoms with E-state index in [2.05, 4.69) is 4.74 Å². The predicted molar refractivity (Wildman–Crippen MR) is 92.1 cm³/mol. The van der Waals surface area contributed by atoms with Crippen LogP contribution in [0.2, 0.25) is 5.02 Å². The monoisotopic (exact) mass is 350 g/mol. The number of carboxylic acid groups (broad SMARTS) is 1. The van der Waals surface area contributed by atoms with Crippen LogP contribution < -0.4 is 11.5 Å². The van der Waals surface area contributed by atoms with Gasteiger partial charge in [-0.1, -0.05) is 41.9 Å². The molecule has 1 atom stereocenters. The molecule has 2 aromatic rings. The lowest BCUT2D eigenvalue weighted by Crippen LogP contribution is -2.31. The Balaban J connectivity index is 0.000000254. The van der Waals surface area contributed by atoms with Crippen molar-refractivity contribution >= 4 is 23.7 Å². The van der Waals surface area contributed by atoms with Crippen molar-refractivity contribution in [1.29, 1.82) is 0 Å². The van der Waals surface area contributed by atoms with Crippen LogP contribution in [0.3, 0.4) is 0 Å². The fourth-order valence-corrected chi connectivity index (χ4v) is 1.88. The van der Waals surface area contributed by atoms with Crippen LogP contribution in [0, 0.1) is 0 Å². The van der Waals surface area contributed by atoms with Crippen molar-refractivity contribution in [2.45, 2.75) is 12.5 Å². The minimum Gasteiger partial charge on any atom is -0.478 e. The van der Waals surface area contributed by atoms with E-state index in [0.29, 0.717) is 11.4 Å². The molecule has 1 amide bonds. The Morgan fingerprint density at radius 2 is 1.67 bits per heavy atom. The zero-order valence-electron chi connectivity index (χ0n) is 12.9. The van der Waals surface area contributed by atoms with Gasteiger partial charge in [-0.05, 0) is 36.2 Å². The molecule has 0 heterocycles. The minimum atomic E-state index is -0.934. The van der Waals surface area contributed by atoms with Gasteiger partial charge in [0.25, 0.3) is 0 Å². The first-order chi connectivity index (χ1) is 11.4. The number of hydrogen-bond acceptors (Lipinski definition) is 4. The molecule has 0 aliphatic rings. The van der Waals surface area contributed by atoms with E-state index in [1.807, 2.05) is 30.3 Å². The van der Waals surface area contributed by atoms with Gasteiger partial charge in [0.1, 0.15) is 6.61 Å². The van der Waals surface area contributed by atoms with Crippen molar-refractivity contribution in [3.63, 3.8) is 0 Å². The van der Waals surface area contributed by atoms with Crippen molar-refractivity contribution < 1.29 is 19.4 Å². The highest BCUT2D eigenvalue weighted by Gasteiger charge is 2.05. The largest absolute Gasteiger partial charge is 0.478 e. The minimum absolute atomic E-state index is 0.157. The van der Waals surface area contributed by atoms with Gasteiger partial charge < -0.3 is 21.3 Å². The van der Waals surface area contributed by atoms with E-state index in [9.17, 15) is 9.59 Å². The molecule has 0 saturated carbocycles. The van der Waals surface area contributed by atoms with Gasteiger partial charge in [-0.25, -0.2) is 9.59 Å². The number of aromatic carboxylic acids is 1. The molecule has 0 aliphatic carbocycles. The highest BCUT2D eigenvalue weighted by Crippen LogP contribution is 2.08. The van der Waals surface area contributed by atoms with Gasteiger partial charge in [0.05, 0.1) is 5.56 Å². The van der Waals surface area contributed by atoms with Crippen molar-refractivity contribution in [3.05, 3.63) is 70.7 Å². The maximum Gasteiger partial charge on any atom is 0.404 e. The zero-order chi connectivity index (χ0) is 17.9. The lowest BCUT2D eigenvalue weighted by Gasteiger charge is -2.10. The molecule has 128 valence electrons. The van der Waals surface area contributed by atoms with Crippen molar-refractivity contribution in [3.8, 4) is 0 Å². The Labute approximate surface area is 145 Å². The lowest BCUT2D eigenvalue weighted by molar-refractivity contribution is 0.0697. The fraction of sp³-hybridized carbons (Fsp3) is 0.176. The first-order valence-electron chi connectivity index (χ1n) is 7.09. The SMILES string of the molecule is NC(=O)OCC(N)Cc1ccccc1.O=C(O)c1ccc(Cl)cc1. The number of carboxylic acids is 1. The summed E-state index contributed by atoms with van der Waals surface area (Å²) in [5.74, 6) is -0.934. The Kier molecular flexibility index (Phi) is 8.32. The first-order valence-corrected chi connectivity index (χ1v) is 7.47. The average Bonchev–Trinajstić information content (AvgIpc) is 2.55. The molecule has 2 rings (SSSR count). The van der Waals surface area contributed by atoms with E-state index in [0.717, 1.165) is 5.56 Å². The van der Waals surface area contributed by atoms with Crippen LogP contribution in [0.15, 0.2) is 54.6 Å². The average molecular weight is 351 g/mol. The Hall–Kier alpha value is -2.57. The molecule has 0 saturated heterocycles. The number of primary amides is 1. The predicted octanol–water partition coefficient (Wildman–Crippen LogP) is 2.69. The van der Waals surface area contributed by atoms with E-state index in [1.54, 1.807) is 12.1 Å². The first kappa shape index (κ1) is 19.5. The van der Waals surface area contributed by atoms with Gasteiger partial charge in [0.2, 0.25) is 0 Å². The normalized spacial score (nSPS) is 10.9. The van der Waals surface area contributed by atoms with Gasteiger partial charge in [-0.3, -0.25) is 0 Å². The number of carbonyl (C=O) groups is 2. The van der Waals surface area contributed by atoms with Crippen molar-refractivity contribution in [2.24, 2.45) is 11.5 Å². The van der Waals surface area contributed by atoms with Gasteiger partial charge in [-0.2, -0.15) is 0 Å². The highest BCUT2D eigenvalue weighted by atomic mass is 35.5. The molecule has 0 aliphatic heterocycles. The fourth-order valence-electron chi connectivity index (χ4n) is 1.76. The number of halogens is 1. The topological polar surface area (TPSA) is 116 Å². The second kappa shape index (κ2) is 10.3. The van der Waals surface area contributed by atoms with Crippen LogP contribution in [0.5, 0.6) is 0 Å². The number of nitrogens with two attached hydrogens (primary N) is 2. The highest BCUT2D eigenvalue weighted by molar-refractivity contribution is 6.30. The summed E-state index contributed by atoms with van der Waals surface area (Å²) in [6, 6.07) is 15.6. The third-order valence-corrected chi connectivity index (χ3v) is 3.12. The van der Waals surface area contributed by atoms with Crippen LogP contribution in [-0.4, -0.2) is 29.8 Å². The van der Waals surface area contributed by atoms with E-state index in [-0.39, 0.29) is 18.2 Å². The summed E-state index contributed by atoms with van der Waals surface area (Å²) in [5.41, 5.74) is 11.9. The van der Waals surface area contributed by atoms with Gasteiger partial charge in [0.15, 0.2) is 0 Å². The molecular weight excluding hydrogens is 332 g/mol. The standard InChI is InChI=1S/C10H14N2O2.C7H5ClO2/c11-9(7-14-10(12)13)6-8-4-2-1-3-5-8;8-6-3-1-5(2-4-6)7(9)10/h1-5,9H,6-7,11H2,(H2,12,13);1-4H,(H,9,10). The Morgan fingerprint density at radius 3 is 2.17 bits per heavy atom. The maximum absolute atomic E-state index is 10.3. The summed E-state index contributed by atoms with van der Waals surface area (Å²) in [6.07, 6.45) is -0.109. The Morgan fingerprint density at radius 1 is 1.08 bits per heavy atom. The van der Waals surface area contributed by atoms with Crippen LogP contribution in [0.4, 0.5) is 4.79 Å². The molecule has 0 spiro atoms. The molecule has 7 heteroatoms. The Bertz CT molecular complexity index is 647. The van der Waals surface area contributed by atoms with E-state index in [1.165, 1.54) is 12.1 Å². The molecule has 5 N–H and O–H groups in total. The van der Waals surface area contributed by atoms with Gasteiger partial charge >= 0.3 is 12.1 Å². The molecule has 6 nitrogen and oxygen atoms in total. The van der Waals surface area contributed by atoms with Crippen molar-refractivity contribution in [2.75, 3.05) is 6.61 Å². The molecule has 0 fully saturated rings. The van der Waals surface area contributed by atoms with E-state index >= 15 is 0 Å². The summed E-state index contributed by atoms with van der Waals surface area (Å²) >= 11 is 5.52. The molecule has 1 unspecified atom stereocenters. The molecule has 0 bridgehead atoms. The maximum atomic E-state index is 10.3. The second-order valence-corrected chi connectivity index (χ2v) is 5.33. The number of ether oxygens (including phenoxy) is 1. The third-order valence-electron chi connectivity index (χ3n) is 2.87. The smallest absolute Gasteiger partial charge is 0.404 e. The molecule has 2 aromatic carbocycles. The molecule has 0 aromatic heterocycles. The summed E-state index contributed by atoms with van der Waals surface area (Å²) in [6.45, 7) is 0.157. The number of amides is 1. The summed E-state index contributed by atoms with van der Waals surface area (Å²) in [4.78, 5) is 20.6. The third kappa shape index (κ3) is 8.17. The molecule has 0 radical (unpaired) electrons. The number of carbonyl (C=O) groups excluding carboxylic acids is 1. The summed E-state index contributed by atoms with van der Waals surface area (Å²) in [7, 11) is 0. The van der Waals surface area contributed by atoms with Crippen LogP contribution in [0.25, 0.3) is 0 Å². The summed E-state index contributed by atoms with van der Waals surface area (Å²) in [5, 5.41) is 8.98. The molecular formula is C17H19ClN2O4. The quantitative estimate of drug-likeness (QED) is 0.766. The van der Waals surface area contributed by atoms with E-state index < -0.39 is 12.1 Å². The van der Waals surface area contributed by atoms with Gasteiger partial charge in [-0.15, -0.1) is 0 Å². The number of rotatable bonds is 5. The number of hydrogen-bond donors (Lipinski definition) is 3. The van der Waals surface area contributed by atoms with Gasteiger partial charge in [0, 0.05) is 11.1 Å². The van der Waals surface area contributed by atoms with Crippen LogP contribution >= 0.6 is 11.6 Å². The second-order valence-electron chi connectivity index (χ2n) is 4.89. The lowest BCUT2D eigenvalue weighted by atomic mass is 10.1. The van der Waals surface area contributed by atoms with E-state index in [4.69, 9.17) is 28.2 Å². The van der Waals surface area contributed by atoms with Crippen LogP contribution in [0.1, 0.15) is 15.9 Å². The number of benzene rings is 2. The summed E-state index contributed by atoms with van der Waals surface area (Å²) < 4.78 is 4.59.